The average molecular weight is 411 g/mol. The number of carbonyl (C=O) groups is 2. The molecule has 1 aliphatic heterocycles. The molecule has 0 bridgehead atoms. The molecule has 0 atom stereocenters. The van der Waals surface area contributed by atoms with Crippen LogP contribution in [-0.4, -0.2) is 56.2 Å². The van der Waals surface area contributed by atoms with Gasteiger partial charge in [-0.2, -0.15) is 0 Å². The van der Waals surface area contributed by atoms with Gasteiger partial charge in [-0.05, 0) is 43.4 Å². The summed E-state index contributed by atoms with van der Waals surface area (Å²) in [4.78, 5) is 24.1. The molecule has 0 radical (unpaired) electrons. The molecule has 3 N–H and O–H groups in total. The summed E-state index contributed by atoms with van der Waals surface area (Å²) < 4.78 is 11.2. The molecule has 1 heterocycles. The van der Waals surface area contributed by atoms with E-state index in [2.05, 4.69) is 11.4 Å². The third-order valence-corrected chi connectivity index (χ3v) is 5.72. The van der Waals surface area contributed by atoms with E-state index in [0.717, 1.165) is 29.7 Å². The van der Waals surface area contributed by atoms with Crippen molar-refractivity contribution in [2.24, 2.45) is 0 Å². The Bertz CT molecular complexity index is 924. The number of nitrogens with one attached hydrogen (secondary N) is 1. The lowest BCUT2D eigenvalue weighted by Crippen LogP contribution is -2.45. The number of methoxy groups -OCH3 is 1. The molecule has 0 spiro atoms. The zero-order valence-electron chi connectivity index (χ0n) is 17.2. The van der Waals surface area contributed by atoms with Gasteiger partial charge in [-0.3, -0.25) is 9.59 Å². The standard InChI is InChI=1S/C22H26BNO6/c1-15-3-6-20(29-2)18(11-15)22(7-9-30-10-8-22)14-24-21(26)16-4-5-19(23(27)28)17(12-16)13-25/h3-6,11-13,27-28H,7-10,14H2,1-2H3,(H,24,26). The molecule has 7 nitrogen and oxygen atoms in total. The van der Waals surface area contributed by atoms with Crippen LogP contribution >= 0.6 is 0 Å². The van der Waals surface area contributed by atoms with Gasteiger partial charge in [0, 0.05) is 41.9 Å². The minimum absolute atomic E-state index is 0.0620. The van der Waals surface area contributed by atoms with Crippen LogP contribution in [0.5, 0.6) is 5.75 Å². The molecule has 2 aromatic rings. The molecule has 1 fully saturated rings. The number of rotatable bonds is 7. The summed E-state index contributed by atoms with van der Waals surface area (Å²) in [6.07, 6.45) is 1.98. The maximum Gasteiger partial charge on any atom is 0.489 e. The van der Waals surface area contributed by atoms with Crippen LogP contribution in [0.4, 0.5) is 0 Å². The summed E-state index contributed by atoms with van der Waals surface area (Å²) in [6, 6.07) is 10.2. The van der Waals surface area contributed by atoms with Gasteiger partial charge in [0.25, 0.3) is 5.91 Å². The molecule has 0 aromatic heterocycles. The van der Waals surface area contributed by atoms with Crippen LogP contribution in [-0.2, 0) is 10.2 Å². The van der Waals surface area contributed by atoms with Gasteiger partial charge in [0.15, 0.2) is 0 Å². The lowest BCUT2D eigenvalue weighted by molar-refractivity contribution is 0.0479. The van der Waals surface area contributed by atoms with E-state index in [-0.39, 0.29) is 27.9 Å². The second-order valence-electron chi connectivity index (χ2n) is 7.61. The summed E-state index contributed by atoms with van der Waals surface area (Å²) in [7, 11) is -0.140. The number of carbonyl (C=O) groups excluding carboxylic acids is 2. The van der Waals surface area contributed by atoms with Crippen LogP contribution < -0.4 is 15.5 Å². The van der Waals surface area contributed by atoms with E-state index in [1.165, 1.54) is 18.2 Å². The summed E-state index contributed by atoms with van der Waals surface area (Å²) in [5, 5.41) is 21.7. The largest absolute Gasteiger partial charge is 0.496 e. The number of hydrogen-bond donors (Lipinski definition) is 3. The molecule has 158 valence electrons. The van der Waals surface area contributed by atoms with Crippen molar-refractivity contribution >= 4 is 24.8 Å². The van der Waals surface area contributed by atoms with Gasteiger partial charge < -0.3 is 24.8 Å². The lowest BCUT2D eigenvalue weighted by Gasteiger charge is -2.38. The van der Waals surface area contributed by atoms with Crippen LogP contribution in [0.1, 0.15) is 44.7 Å². The van der Waals surface area contributed by atoms with Crippen molar-refractivity contribution in [3.63, 3.8) is 0 Å². The molecule has 30 heavy (non-hydrogen) atoms. The first kappa shape index (κ1) is 22.0. The zero-order chi connectivity index (χ0) is 21.7. The van der Waals surface area contributed by atoms with Crippen LogP contribution in [0, 0.1) is 6.92 Å². The molecular weight excluding hydrogens is 385 g/mol. The Morgan fingerprint density at radius 3 is 2.60 bits per heavy atom. The van der Waals surface area contributed by atoms with Gasteiger partial charge in [0.2, 0.25) is 0 Å². The maximum absolute atomic E-state index is 12.8. The Morgan fingerprint density at radius 1 is 1.23 bits per heavy atom. The number of amides is 1. The molecule has 0 aliphatic carbocycles. The average Bonchev–Trinajstić information content (AvgIpc) is 2.77. The van der Waals surface area contributed by atoms with Gasteiger partial charge in [0.05, 0.1) is 7.11 Å². The summed E-state index contributed by atoms with van der Waals surface area (Å²) >= 11 is 0. The topological polar surface area (TPSA) is 105 Å². The first-order valence-electron chi connectivity index (χ1n) is 9.86. The van der Waals surface area contributed by atoms with Crippen molar-refractivity contribution in [2.75, 3.05) is 26.9 Å². The van der Waals surface area contributed by atoms with E-state index in [4.69, 9.17) is 9.47 Å². The Balaban J connectivity index is 1.86. The minimum atomic E-state index is -1.78. The van der Waals surface area contributed by atoms with Crippen molar-refractivity contribution in [2.45, 2.75) is 25.2 Å². The Labute approximate surface area is 176 Å². The highest BCUT2D eigenvalue weighted by Crippen LogP contribution is 2.40. The summed E-state index contributed by atoms with van der Waals surface area (Å²) in [6.45, 7) is 3.58. The zero-order valence-corrected chi connectivity index (χ0v) is 17.2. The normalized spacial score (nSPS) is 15.3. The van der Waals surface area contributed by atoms with Gasteiger partial charge in [-0.1, -0.05) is 23.8 Å². The highest BCUT2D eigenvalue weighted by atomic mass is 16.5. The van der Waals surface area contributed by atoms with Crippen molar-refractivity contribution in [1.29, 1.82) is 0 Å². The van der Waals surface area contributed by atoms with Gasteiger partial charge in [-0.15, -0.1) is 0 Å². The highest BCUT2D eigenvalue weighted by Gasteiger charge is 2.37. The lowest BCUT2D eigenvalue weighted by atomic mass is 9.73. The minimum Gasteiger partial charge on any atom is -0.496 e. The SMILES string of the molecule is COc1ccc(C)cc1C1(CNC(=O)c2ccc(B(O)O)c(C=O)c2)CCOCC1. The Hall–Kier alpha value is -2.68. The summed E-state index contributed by atoms with van der Waals surface area (Å²) in [5.41, 5.74) is 2.23. The van der Waals surface area contributed by atoms with Crippen molar-refractivity contribution in [3.8, 4) is 5.75 Å². The molecule has 1 saturated heterocycles. The third-order valence-electron chi connectivity index (χ3n) is 5.72. The number of aryl methyl sites for hydroxylation is 1. The van der Waals surface area contributed by atoms with Gasteiger partial charge in [-0.25, -0.2) is 0 Å². The molecular formula is C22H26BNO6. The first-order chi connectivity index (χ1) is 14.4. The second-order valence-corrected chi connectivity index (χ2v) is 7.61. The highest BCUT2D eigenvalue weighted by molar-refractivity contribution is 6.60. The van der Waals surface area contributed by atoms with Crippen LogP contribution in [0.2, 0.25) is 0 Å². The van der Waals surface area contributed by atoms with Gasteiger partial charge >= 0.3 is 7.12 Å². The number of benzene rings is 2. The molecule has 0 saturated carbocycles. The summed E-state index contributed by atoms with van der Waals surface area (Å²) in [5.74, 6) is 0.441. The predicted molar refractivity (Wildman–Crippen MR) is 113 cm³/mol. The van der Waals surface area contributed by atoms with E-state index in [1.807, 2.05) is 19.1 Å². The fraction of sp³-hybridized carbons (Fsp3) is 0.364. The molecule has 3 rings (SSSR count). The first-order valence-corrected chi connectivity index (χ1v) is 9.86. The second kappa shape index (κ2) is 9.42. The predicted octanol–water partition coefficient (Wildman–Crippen LogP) is 0.974. The van der Waals surface area contributed by atoms with Crippen molar-refractivity contribution in [1.82, 2.24) is 5.32 Å². The molecule has 2 aromatic carbocycles. The fourth-order valence-electron chi connectivity index (χ4n) is 3.94. The number of hydrogen-bond acceptors (Lipinski definition) is 6. The van der Waals surface area contributed by atoms with Crippen molar-refractivity contribution in [3.05, 3.63) is 58.7 Å². The monoisotopic (exact) mass is 411 g/mol. The van der Waals surface area contributed by atoms with Crippen LogP contribution in [0.3, 0.4) is 0 Å². The van der Waals surface area contributed by atoms with E-state index >= 15 is 0 Å². The fourth-order valence-corrected chi connectivity index (χ4v) is 3.94. The van der Waals surface area contributed by atoms with E-state index in [0.29, 0.717) is 26.0 Å². The van der Waals surface area contributed by atoms with E-state index in [1.54, 1.807) is 7.11 Å². The Kier molecular flexibility index (Phi) is 6.92. The quantitative estimate of drug-likeness (QED) is 0.464. The van der Waals surface area contributed by atoms with Gasteiger partial charge in [0.1, 0.15) is 12.0 Å². The Morgan fingerprint density at radius 2 is 1.97 bits per heavy atom. The third kappa shape index (κ3) is 4.56. The maximum atomic E-state index is 12.8. The van der Waals surface area contributed by atoms with Crippen LogP contribution in [0.25, 0.3) is 0 Å². The molecule has 1 aliphatic rings. The van der Waals surface area contributed by atoms with Crippen LogP contribution in [0.15, 0.2) is 36.4 Å². The number of aldehydes is 1. The number of ether oxygens (including phenoxy) is 2. The molecule has 8 heteroatoms. The molecule has 1 amide bonds. The smallest absolute Gasteiger partial charge is 0.489 e. The van der Waals surface area contributed by atoms with E-state index < -0.39 is 7.12 Å². The molecule has 0 unspecified atom stereocenters. The van der Waals surface area contributed by atoms with Crippen molar-refractivity contribution < 1.29 is 29.1 Å². The van der Waals surface area contributed by atoms with E-state index in [9.17, 15) is 19.6 Å².